The normalized spacial score (nSPS) is 13.8. The van der Waals surface area contributed by atoms with Crippen molar-refractivity contribution in [2.75, 3.05) is 31.2 Å². The molecule has 2 amide bonds. The second-order valence-corrected chi connectivity index (χ2v) is 12.0. The number of rotatable bonds is 13. The molecule has 0 radical (unpaired) electrons. The van der Waals surface area contributed by atoms with Crippen molar-refractivity contribution >= 4 is 29.1 Å². The highest BCUT2D eigenvalue weighted by Crippen LogP contribution is 2.40. The molecule has 246 valence electrons. The number of hydrogen-bond acceptors (Lipinski definition) is 5. The first-order valence-electron chi connectivity index (χ1n) is 15.9. The molecule has 2 aromatic carbocycles. The summed E-state index contributed by atoms with van der Waals surface area (Å²) in [6.45, 7) is 11.7. The van der Waals surface area contributed by atoms with Crippen LogP contribution in [0, 0.1) is 12.7 Å². The number of aryl methyl sites for hydroxylation is 1. The number of nitrogens with one attached hydrogen (secondary N) is 1. The van der Waals surface area contributed by atoms with Crippen molar-refractivity contribution in [2.45, 2.75) is 73.3 Å². The summed E-state index contributed by atoms with van der Waals surface area (Å²) in [6.07, 6.45) is 8.85. The Bertz CT molecular complexity index is 1590. The van der Waals surface area contributed by atoms with E-state index in [-0.39, 0.29) is 18.4 Å². The predicted octanol–water partition coefficient (Wildman–Crippen LogP) is 7.92. The number of aromatic nitrogens is 2. The molecule has 0 saturated heterocycles. The van der Waals surface area contributed by atoms with Crippen molar-refractivity contribution in [3.8, 4) is 16.9 Å². The molecular formula is C36H44ClFN4O4. The van der Waals surface area contributed by atoms with Crippen LogP contribution in [-0.2, 0) is 16.1 Å². The maximum Gasteiger partial charge on any atom is 0.251 e. The van der Waals surface area contributed by atoms with Crippen molar-refractivity contribution in [1.29, 1.82) is 0 Å². The van der Waals surface area contributed by atoms with Crippen molar-refractivity contribution in [3.63, 3.8) is 0 Å². The molecule has 0 spiro atoms. The van der Waals surface area contributed by atoms with Crippen LogP contribution in [0.5, 0.6) is 5.75 Å². The van der Waals surface area contributed by atoms with Crippen LogP contribution in [0.1, 0.15) is 81.3 Å². The summed E-state index contributed by atoms with van der Waals surface area (Å²) >= 11 is 6.12. The molecule has 4 rings (SSSR count). The fourth-order valence-corrected chi connectivity index (χ4v) is 5.44. The Morgan fingerprint density at radius 2 is 2.02 bits per heavy atom. The largest absolute Gasteiger partial charge is 0.494 e. The Morgan fingerprint density at radius 3 is 2.74 bits per heavy atom. The molecule has 0 aliphatic carbocycles. The van der Waals surface area contributed by atoms with Gasteiger partial charge in [-0.1, -0.05) is 37.1 Å². The van der Waals surface area contributed by atoms with Gasteiger partial charge in [0.05, 0.1) is 31.6 Å². The number of carbonyl (C=O) groups is 2. The number of unbranched alkanes of at least 4 members (excludes halogenated alkanes) is 1. The lowest BCUT2D eigenvalue weighted by Gasteiger charge is -2.23. The average Bonchev–Trinajstić information content (AvgIpc) is 3.39. The minimum atomic E-state index is -0.447. The Morgan fingerprint density at radius 1 is 1.22 bits per heavy atom. The zero-order valence-corrected chi connectivity index (χ0v) is 28.2. The van der Waals surface area contributed by atoms with Crippen molar-refractivity contribution in [1.82, 2.24) is 15.1 Å². The first-order chi connectivity index (χ1) is 22.1. The van der Waals surface area contributed by atoms with Gasteiger partial charge in [-0.05, 0) is 76.8 Å². The topological polar surface area (TPSA) is 85.7 Å². The van der Waals surface area contributed by atoms with Gasteiger partial charge in [-0.15, -0.1) is 0 Å². The number of halogens is 2. The van der Waals surface area contributed by atoms with Gasteiger partial charge in [-0.3, -0.25) is 14.3 Å². The van der Waals surface area contributed by atoms with E-state index in [1.807, 2.05) is 58.2 Å². The van der Waals surface area contributed by atoms with E-state index in [1.165, 1.54) is 6.07 Å². The average molecular weight is 651 g/mol. The molecule has 0 fully saturated rings. The highest BCUT2D eigenvalue weighted by atomic mass is 35.5. The Kier molecular flexibility index (Phi) is 12.4. The first-order valence-corrected chi connectivity index (χ1v) is 16.3. The molecule has 0 saturated carbocycles. The maximum atomic E-state index is 15.2. The smallest absolute Gasteiger partial charge is 0.251 e. The molecule has 0 unspecified atom stereocenters. The molecule has 1 aromatic heterocycles. The Balaban J connectivity index is 1.47. The number of hydrogen-bond donors (Lipinski definition) is 1. The quantitative estimate of drug-likeness (QED) is 0.115. The van der Waals surface area contributed by atoms with Gasteiger partial charge in [-0.2, -0.15) is 5.10 Å². The van der Waals surface area contributed by atoms with Crippen molar-refractivity contribution < 1.29 is 23.5 Å². The molecular weight excluding hydrogens is 607 g/mol. The van der Waals surface area contributed by atoms with E-state index in [1.54, 1.807) is 28.8 Å². The standard InChI is InChI=1S/C36H44ClFN4O4/c1-6-8-15-39-36(44)27-19-24(3)30(31(38)20-27)23-41-22-28(21-40-41)29-12-9-13-32-35(29)46-18-11-16-42(32)34(43)14-10-17-45-33(7-2)25(4)26(5)37/h7,9,12-13,19-22H,6,8,10-11,14-18,23H2,1-5H3,(H,39,44)/b26-25+,33-7+. The van der Waals surface area contributed by atoms with E-state index in [0.29, 0.717) is 78.7 Å². The third-order valence-corrected chi connectivity index (χ3v) is 8.34. The molecule has 1 N–H and O–H groups in total. The highest BCUT2D eigenvalue weighted by molar-refractivity contribution is 6.29. The van der Waals surface area contributed by atoms with Gasteiger partial charge < -0.3 is 19.7 Å². The number of anilines is 1. The summed E-state index contributed by atoms with van der Waals surface area (Å²) in [7, 11) is 0. The van der Waals surface area contributed by atoms with Crippen molar-refractivity contribution in [3.05, 3.63) is 87.7 Å². The summed E-state index contributed by atoms with van der Waals surface area (Å²) in [5.41, 5.74) is 4.65. The Hall–Kier alpha value is -4.11. The molecule has 2 heterocycles. The van der Waals surface area contributed by atoms with Gasteiger partial charge in [0.1, 0.15) is 11.6 Å². The number of ether oxygens (including phenoxy) is 2. The zero-order valence-electron chi connectivity index (χ0n) is 27.4. The predicted molar refractivity (Wildman–Crippen MR) is 181 cm³/mol. The van der Waals surface area contributed by atoms with E-state index in [2.05, 4.69) is 10.4 Å². The lowest BCUT2D eigenvalue weighted by atomic mass is 10.0. The number of fused-ring (bicyclic) bond motifs is 1. The minimum Gasteiger partial charge on any atom is -0.494 e. The zero-order chi connectivity index (χ0) is 33.2. The second kappa shape index (κ2) is 16.5. The molecule has 0 atom stereocenters. The van der Waals surface area contributed by atoms with Gasteiger partial charge in [0.2, 0.25) is 5.91 Å². The number of para-hydroxylation sites is 1. The van der Waals surface area contributed by atoms with Crippen LogP contribution in [0.2, 0.25) is 0 Å². The lowest BCUT2D eigenvalue weighted by molar-refractivity contribution is -0.118. The molecule has 0 bridgehead atoms. The molecule has 3 aromatic rings. The summed E-state index contributed by atoms with van der Waals surface area (Å²) in [6, 6.07) is 8.74. The van der Waals surface area contributed by atoms with Gasteiger partial charge in [0.15, 0.2) is 5.75 Å². The SMILES string of the molecule is C/C=C(OCCCC(=O)N1CCCOc2c(-c3cnn(Cc4c(C)cc(C(=O)NCCCC)cc4F)c3)cccc21)\C(C)=C(/C)Cl. The lowest BCUT2D eigenvalue weighted by Crippen LogP contribution is -2.31. The van der Waals surface area contributed by atoms with E-state index in [4.69, 9.17) is 21.1 Å². The third-order valence-electron chi connectivity index (χ3n) is 8.06. The summed E-state index contributed by atoms with van der Waals surface area (Å²) in [5.74, 6) is 0.622. The monoisotopic (exact) mass is 650 g/mol. The van der Waals surface area contributed by atoms with E-state index >= 15 is 4.39 Å². The van der Waals surface area contributed by atoms with Crippen LogP contribution in [0.25, 0.3) is 11.1 Å². The van der Waals surface area contributed by atoms with E-state index in [0.717, 1.165) is 35.3 Å². The maximum absolute atomic E-state index is 15.2. The summed E-state index contributed by atoms with van der Waals surface area (Å²) in [4.78, 5) is 27.7. The van der Waals surface area contributed by atoms with Crippen LogP contribution in [0.4, 0.5) is 10.1 Å². The first kappa shape index (κ1) is 34.8. The fraction of sp³-hybridized carbons (Fsp3) is 0.417. The van der Waals surface area contributed by atoms with Gasteiger partial charge in [-0.25, -0.2) is 4.39 Å². The van der Waals surface area contributed by atoms with Crippen LogP contribution >= 0.6 is 11.6 Å². The highest BCUT2D eigenvalue weighted by Gasteiger charge is 2.25. The number of allylic oxidation sites excluding steroid dienone is 3. The molecule has 46 heavy (non-hydrogen) atoms. The number of carbonyl (C=O) groups excluding carboxylic acids is 2. The van der Waals surface area contributed by atoms with Crippen LogP contribution in [-0.4, -0.2) is 47.9 Å². The van der Waals surface area contributed by atoms with E-state index < -0.39 is 5.82 Å². The molecule has 10 heteroatoms. The van der Waals surface area contributed by atoms with Gasteiger partial charge in [0.25, 0.3) is 5.91 Å². The van der Waals surface area contributed by atoms with Gasteiger partial charge in [0, 0.05) is 58.6 Å². The number of benzene rings is 2. The van der Waals surface area contributed by atoms with Gasteiger partial charge >= 0.3 is 0 Å². The summed E-state index contributed by atoms with van der Waals surface area (Å²) < 4.78 is 29.0. The number of nitrogens with zero attached hydrogens (tertiary/aromatic N) is 3. The summed E-state index contributed by atoms with van der Waals surface area (Å²) in [5, 5.41) is 8.01. The van der Waals surface area contributed by atoms with Crippen molar-refractivity contribution in [2.24, 2.45) is 0 Å². The fourth-order valence-electron chi connectivity index (χ4n) is 5.35. The molecule has 8 nitrogen and oxygen atoms in total. The second-order valence-electron chi connectivity index (χ2n) is 11.5. The van der Waals surface area contributed by atoms with Crippen LogP contribution in [0.3, 0.4) is 0 Å². The Labute approximate surface area is 276 Å². The molecule has 1 aliphatic rings. The number of amides is 2. The third kappa shape index (κ3) is 8.57. The van der Waals surface area contributed by atoms with Crippen LogP contribution < -0.4 is 15.0 Å². The minimum absolute atomic E-state index is 0.000506. The van der Waals surface area contributed by atoms with Crippen LogP contribution in [0.15, 0.2) is 65.2 Å². The van der Waals surface area contributed by atoms with E-state index in [9.17, 15) is 9.59 Å². The molecule has 1 aliphatic heterocycles.